The van der Waals surface area contributed by atoms with Gasteiger partial charge in [0, 0.05) is 47.8 Å². The van der Waals surface area contributed by atoms with Crippen molar-refractivity contribution >= 4 is 55.4 Å². The van der Waals surface area contributed by atoms with Crippen molar-refractivity contribution in [1.29, 1.82) is 0 Å². The molecule has 1 aliphatic carbocycles. The fourth-order valence-electron chi connectivity index (χ4n) is 8.32. The van der Waals surface area contributed by atoms with Crippen LogP contribution < -0.4 is 9.75 Å². The van der Waals surface area contributed by atoms with Crippen LogP contribution in [0.2, 0.25) is 0 Å². The Kier molecular flexibility index (Phi) is 8.00. The first kappa shape index (κ1) is 33.4. The summed E-state index contributed by atoms with van der Waals surface area (Å²) in [6.07, 6.45) is 5.87. The van der Waals surface area contributed by atoms with Crippen LogP contribution in [0.15, 0.2) is 170 Å². The van der Waals surface area contributed by atoms with Crippen LogP contribution in [-0.2, 0) is 0 Å². The van der Waals surface area contributed by atoms with E-state index in [4.69, 9.17) is 15.0 Å². The van der Waals surface area contributed by atoms with Crippen molar-refractivity contribution < 1.29 is 0 Å². The second-order valence-corrected chi connectivity index (χ2v) is 16.0. The lowest BCUT2D eigenvalue weighted by Gasteiger charge is -2.12. The van der Waals surface area contributed by atoms with Gasteiger partial charge in [0.25, 0.3) is 0 Å². The van der Waals surface area contributed by atoms with Crippen molar-refractivity contribution in [2.24, 2.45) is 5.92 Å². The molecule has 1 aliphatic rings. The molecule has 1 unspecified atom stereocenters. The van der Waals surface area contributed by atoms with Crippen LogP contribution in [0.4, 0.5) is 0 Å². The maximum atomic E-state index is 5.20. The number of fused-ring (bicyclic) bond motifs is 6. The van der Waals surface area contributed by atoms with E-state index in [1.165, 1.54) is 52.8 Å². The van der Waals surface area contributed by atoms with E-state index in [9.17, 15) is 0 Å². The van der Waals surface area contributed by atoms with Crippen molar-refractivity contribution in [2.75, 3.05) is 0 Å². The zero-order chi connectivity index (χ0) is 37.9. The number of hydrogen-bond acceptors (Lipinski definition) is 4. The molecule has 0 bridgehead atoms. The molecule has 0 amide bonds. The van der Waals surface area contributed by atoms with Crippen LogP contribution in [-0.4, -0.2) is 19.5 Å². The van der Waals surface area contributed by atoms with Gasteiger partial charge in [-0.15, -0.1) is 11.3 Å². The Labute approximate surface area is 334 Å². The highest BCUT2D eigenvalue weighted by atomic mass is 32.1. The van der Waals surface area contributed by atoms with Gasteiger partial charge in [-0.1, -0.05) is 153 Å². The van der Waals surface area contributed by atoms with Gasteiger partial charge in [-0.25, -0.2) is 15.0 Å². The molecule has 0 saturated heterocycles. The molecule has 57 heavy (non-hydrogen) atoms. The molecule has 11 rings (SSSR count). The van der Waals surface area contributed by atoms with Crippen molar-refractivity contribution in [3.8, 4) is 62.1 Å². The van der Waals surface area contributed by atoms with Gasteiger partial charge in [0.2, 0.25) is 0 Å². The first-order valence-electron chi connectivity index (χ1n) is 19.5. The van der Waals surface area contributed by atoms with Crippen LogP contribution in [0.5, 0.6) is 0 Å². The summed E-state index contributed by atoms with van der Waals surface area (Å²) in [5.41, 5.74) is 11.1. The summed E-state index contributed by atoms with van der Waals surface area (Å²) in [7, 11) is 0. The zero-order valence-electron chi connectivity index (χ0n) is 31.3. The minimum Gasteiger partial charge on any atom is -0.309 e. The van der Waals surface area contributed by atoms with Gasteiger partial charge in [-0.2, -0.15) is 0 Å². The van der Waals surface area contributed by atoms with E-state index in [0.717, 1.165) is 39.9 Å². The number of benzene rings is 7. The van der Waals surface area contributed by atoms with Crippen molar-refractivity contribution in [3.63, 3.8) is 0 Å². The van der Waals surface area contributed by atoms with Gasteiger partial charge < -0.3 is 4.57 Å². The second-order valence-electron chi connectivity index (χ2n) is 14.9. The van der Waals surface area contributed by atoms with Crippen LogP contribution in [0.25, 0.3) is 106 Å². The zero-order valence-corrected chi connectivity index (χ0v) is 32.1. The van der Waals surface area contributed by atoms with Gasteiger partial charge in [0.15, 0.2) is 17.5 Å². The molecule has 5 heteroatoms. The second kappa shape index (κ2) is 13.7. The number of aromatic nitrogens is 4. The molecular formula is C52H36N4S. The summed E-state index contributed by atoms with van der Waals surface area (Å²) in [6.45, 7) is 2.29. The topological polar surface area (TPSA) is 43.6 Å². The van der Waals surface area contributed by atoms with Crippen molar-refractivity contribution in [2.45, 2.75) is 13.3 Å². The predicted molar refractivity (Wildman–Crippen MR) is 239 cm³/mol. The molecule has 0 aliphatic heterocycles. The van der Waals surface area contributed by atoms with Gasteiger partial charge in [-0.05, 0) is 76.2 Å². The first-order valence-corrected chi connectivity index (χ1v) is 20.3. The molecular weight excluding hydrogens is 713 g/mol. The summed E-state index contributed by atoms with van der Waals surface area (Å²) < 4.78 is 4.92. The van der Waals surface area contributed by atoms with Crippen LogP contribution in [0.1, 0.15) is 13.3 Å². The Morgan fingerprint density at radius 3 is 1.77 bits per heavy atom. The van der Waals surface area contributed by atoms with Gasteiger partial charge >= 0.3 is 0 Å². The maximum Gasteiger partial charge on any atom is 0.165 e. The third kappa shape index (κ3) is 5.87. The highest BCUT2D eigenvalue weighted by Crippen LogP contribution is 2.38. The normalized spacial score (nSPS) is 13.7. The fraction of sp³-hybridized carbons (Fsp3) is 0.0577. The number of nitrogens with zero attached hydrogens (tertiary/aromatic N) is 4. The van der Waals surface area contributed by atoms with Gasteiger partial charge in [0.05, 0.1) is 11.0 Å². The predicted octanol–water partition coefficient (Wildman–Crippen LogP) is 12.1. The minimum absolute atomic E-state index is 0.497. The molecule has 0 radical (unpaired) electrons. The molecule has 0 saturated carbocycles. The lowest BCUT2D eigenvalue weighted by atomic mass is 9.97. The van der Waals surface area contributed by atoms with Crippen molar-refractivity contribution in [1.82, 2.24) is 19.5 Å². The Morgan fingerprint density at radius 1 is 0.491 bits per heavy atom. The molecule has 270 valence electrons. The Balaban J connectivity index is 1.10. The van der Waals surface area contributed by atoms with E-state index in [2.05, 4.69) is 157 Å². The first-order chi connectivity index (χ1) is 28.1. The minimum atomic E-state index is 0.497. The van der Waals surface area contributed by atoms with E-state index >= 15 is 0 Å². The average Bonchev–Trinajstić information content (AvgIpc) is 3.81. The lowest BCUT2D eigenvalue weighted by molar-refractivity contribution is 0.804. The molecule has 10 aromatic rings. The summed E-state index contributed by atoms with van der Waals surface area (Å²) in [4.78, 5) is 15.4. The molecule has 0 spiro atoms. The largest absolute Gasteiger partial charge is 0.309 e. The van der Waals surface area contributed by atoms with E-state index in [-0.39, 0.29) is 0 Å². The van der Waals surface area contributed by atoms with Crippen LogP contribution in [0, 0.1) is 5.92 Å². The summed E-state index contributed by atoms with van der Waals surface area (Å²) in [5.74, 6) is 2.50. The van der Waals surface area contributed by atoms with Crippen LogP contribution >= 0.6 is 11.3 Å². The lowest BCUT2D eigenvalue weighted by Crippen LogP contribution is -2.23. The smallest absolute Gasteiger partial charge is 0.165 e. The number of thiophene rings is 1. The molecule has 1 atom stereocenters. The molecule has 4 nitrogen and oxygen atoms in total. The SMILES string of the molecule is CC1C=c2sc3c(-c4nc(-c5ccccc5)nc(-c5ccccc5)n4)cc(-c4ccc(-n5c6ccccc6c6ccc(-c7ccccc7)cc65)cc4)cc3c2=CC1. The standard InChI is InChI=1S/C52H36N4S/c1-33-21-27-43-44-30-39(31-45(49(44)57-48(43)29-33)52-54-50(36-15-7-3-8-16-36)53-51(55-52)37-17-9-4-10-18-37)35-22-25-40(26-23-35)56-46-20-12-11-19-41(46)42-28-24-38(32-47(42)56)34-13-5-2-6-14-34/h2-20,22-33H,21H2,1H3. The molecule has 7 aromatic carbocycles. The Bertz CT molecular complexity index is 3200. The fourth-order valence-corrected chi connectivity index (χ4v) is 9.69. The summed E-state index contributed by atoms with van der Waals surface area (Å²) >= 11 is 1.84. The van der Waals surface area contributed by atoms with E-state index < -0.39 is 0 Å². The van der Waals surface area contributed by atoms with Crippen molar-refractivity contribution in [3.05, 3.63) is 180 Å². The number of para-hydroxylation sites is 1. The highest BCUT2D eigenvalue weighted by molar-refractivity contribution is 7.17. The van der Waals surface area contributed by atoms with E-state index in [0.29, 0.717) is 23.4 Å². The average molecular weight is 749 g/mol. The Morgan fingerprint density at radius 2 is 1.07 bits per heavy atom. The van der Waals surface area contributed by atoms with E-state index in [1.807, 2.05) is 47.7 Å². The van der Waals surface area contributed by atoms with Gasteiger partial charge in [0.1, 0.15) is 0 Å². The Hall–Kier alpha value is -6.95. The van der Waals surface area contributed by atoms with Gasteiger partial charge in [-0.3, -0.25) is 0 Å². The molecule has 0 fully saturated rings. The third-order valence-corrected chi connectivity index (χ3v) is 12.4. The quantitative estimate of drug-likeness (QED) is 0.170. The summed E-state index contributed by atoms with van der Waals surface area (Å²) in [5, 5.41) is 5.05. The monoisotopic (exact) mass is 748 g/mol. The number of rotatable bonds is 6. The molecule has 0 N–H and O–H groups in total. The van der Waals surface area contributed by atoms with E-state index in [1.54, 1.807) is 0 Å². The highest BCUT2D eigenvalue weighted by Gasteiger charge is 2.20. The van der Waals surface area contributed by atoms with Crippen LogP contribution in [0.3, 0.4) is 0 Å². The maximum absolute atomic E-state index is 5.20. The molecule has 3 heterocycles. The summed E-state index contributed by atoms with van der Waals surface area (Å²) in [6, 6.07) is 60.3. The number of hydrogen-bond donors (Lipinski definition) is 0. The third-order valence-electron chi connectivity index (χ3n) is 11.2. The molecule has 3 aromatic heterocycles.